The largest absolute Gasteiger partial charge is 0.450 e. The first-order chi connectivity index (χ1) is 15.9. The predicted octanol–water partition coefficient (Wildman–Crippen LogP) is 5.19. The minimum absolute atomic E-state index is 0.138. The number of para-hydroxylation sites is 1. The molecule has 1 heterocycles. The molecule has 4 rings (SSSR count). The SMILES string of the molecule is O=C1NC(=Nc2ccccc2)SC1=Cc1cccc(Oc2ccc([N+](=O)[O-])cc2[N+](=O)[O-])c1. The first-order valence-corrected chi connectivity index (χ1v) is 10.3. The van der Waals surface area contributed by atoms with E-state index in [1.807, 2.05) is 30.3 Å². The minimum Gasteiger partial charge on any atom is -0.450 e. The van der Waals surface area contributed by atoms with Crippen LogP contribution in [0.4, 0.5) is 17.1 Å². The quantitative estimate of drug-likeness (QED) is 0.302. The van der Waals surface area contributed by atoms with Crippen molar-refractivity contribution in [2.24, 2.45) is 4.99 Å². The molecule has 164 valence electrons. The number of hydrogen-bond donors (Lipinski definition) is 1. The Labute approximate surface area is 190 Å². The second kappa shape index (κ2) is 9.32. The molecule has 1 saturated heterocycles. The van der Waals surface area contributed by atoms with Crippen LogP contribution in [0.5, 0.6) is 11.5 Å². The number of ether oxygens (including phenoxy) is 1. The zero-order valence-corrected chi connectivity index (χ0v) is 17.5. The van der Waals surface area contributed by atoms with Gasteiger partial charge in [-0.1, -0.05) is 30.3 Å². The van der Waals surface area contributed by atoms with Crippen molar-refractivity contribution in [3.63, 3.8) is 0 Å². The topological polar surface area (TPSA) is 137 Å². The first-order valence-electron chi connectivity index (χ1n) is 9.44. The van der Waals surface area contributed by atoms with Gasteiger partial charge >= 0.3 is 5.69 Å². The number of nitro benzene ring substituents is 2. The number of nitrogens with zero attached hydrogens (tertiary/aromatic N) is 3. The molecule has 3 aromatic rings. The van der Waals surface area contributed by atoms with Gasteiger partial charge in [0.25, 0.3) is 11.6 Å². The molecule has 10 nitrogen and oxygen atoms in total. The molecule has 1 fully saturated rings. The lowest BCUT2D eigenvalue weighted by Crippen LogP contribution is -2.19. The standard InChI is InChI=1S/C22H14N4O6S/c27-21-20(33-22(24-21)23-15-6-2-1-3-7-15)12-14-5-4-8-17(11-14)32-19-10-9-16(25(28)29)13-18(19)26(30)31/h1-13H,(H,23,24,27). The number of amidine groups is 1. The van der Waals surface area contributed by atoms with E-state index >= 15 is 0 Å². The van der Waals surface area contributed by atoms with Gasteiger partial charge in [0.15, 0.2) is 5.17 Å². The highest BCUT2D eigenvalue weighted by Crippen LogP contribution is 2.35. The van der Waals surface area contributed by atoms with E-state index in [0.717, 1.165) is 12.1 Å². The molecule has 1 aliphatic heterocycles. The highest BCUT2D eigenvalue weighted by Gasteiger charge is 2.24. The third-order valence-corrected chi connectivity index (χ3v) is 5.28. The molecule has 0 aromatic heterocycles. The Balaban J connectivity index is 1.56. The van der Waals surface area contributed by atoms with Gasteiger partial charge in [-0.05, 0) is 53.7 Å². The number of thioether (sulfide) groups is 1. The lowest BCUT2D eigenvalue weighted by atomic mass is 10.2. The van der Waals surface area contributed by atoms with Crippen LogP contribution in [0.3, 0.4) is 0 Å². The van der Waals surface area contributed by atoms with Gasteiger partial charge in [0, 0.05) is 6.07 Å². The van der Waals surface area contributed by atoms with Crippen LogP contribution in [0.1, 0.15) is 5.56 Å². The van der Waals surface area contributed by atoms with Crippen LogP contribution in [0, 0.1) is 20.2 Å². The Morgan fingerprint density at radius 2 is 1.73 bits per heavy atom. The zero-order chi connectivity index (χ0) is 23.4. The van der Waals surface area contributed by atoms with E-state index in [2.05, 4.69) is 10.3 Å². The molecular formula is C22H14N4O6S. The number of hydrogen-bond acceptors (Lipinski definition) is 8. The normalized spacial score (nSPS) is 15.5. The van der Waals surface area contributed by atoms with Crippen LogP contribution in [-0.2, 0) is 4.79 Å². The summed E-state index contributed by atoms with van der Waals surface area (Å²) >= 11 is 1.19. The fourth-order valence-corrected chi connectivity index (χ4v) is 3.74. The molecule has 0 unspecified atom stereocenters. The van der Waals surface area contributed by atoms with Crippen molar-refractivity contribution in [3.8, 4) is 11.5 Å². The zero-order valence-electron chi connectivity index (χ0n) is 16.7. The van der Waals surface area contributed by atoms with Crippen molar-refractivity contribution >= 4 is 46.0 Å². The number of carbonyl (C=O) groups is 1. The van der Waals surface area contributed by atoms with Crippen LogP contribution < -0.4 is 10.1 Å². The summed E-state index contributed by atoms with van der Waals surface area (Å²) in [5, 5.41) is 25.4. The molecular weight excluding hydrogens is 448 g/mol. The maximum Gasteiger partial charge on any atom is 0.318 e. The molecule has 1 aliphatic rings. The smallest absolute Gasteiger partial charge is 0.318 e. The van der Waals surface area contributed by atoms with Crippen LogP contribution in [0.2, 0.25) is 0 Å². The second-order valence-corrected chi connectivity index (χ2v) is 7.69. The Hall–Kier alpha value is -4.51. The predicted molar refractivity (Wildman–Crippen MR) is 124 cm³/mol. The van der Waals surface area contributed by atoms with Crippen molar-refractivity contribution in [1.29, 1.82) is 0 Å². The maximum absolute atomic E-state index is 12.3. The third kappa shape index (κ3) is 5.22. The van der Waals surface area contributed by atoms with Gasteiger partial charge < -0.3 is 10.1 Å². The molecule has 0 atom stereocenters. The Morgan fingerprint density at radius 1 is 0.939 bits per heavy atom. The van der Waals surface area contributed by atoms with Crippen molar-refractivity contribution in [2.75, 3.05) is 0 Å². The van der Waals surface area contributed by atoms with E-state index < -0.39 is 21.2 Å². The fraction of sp³-hybridized carbons (Fsp3) is 0. The summed E-state index contributed by atoms with van der Waals surface area (Å²) in [4.78, 5) is 37.9. The van der Waals surface area contributed by atoms with Crippen molar-refractivity contribution in [3.05, 3.63) is 103 Å². The minimum atomic E-state index is -0.749. The van der Waals surface area contributed by atoms with Crippen molar-refractivity contribution < 1.29 is 19.4 Å². The summed E-state index contributed by atoms with van der Waals surface area (Å²) in [5.74, 6) is -0.171. The van der Waals surface area contributed by atoms with E-state index in [9.17, 15) is 25.0 Å². The summed E-state index contributed by atoms with van der Waals surface area (Å²) in [6.07, 6.45) is 1.64. The van der Waals surface area contributed by atoms with E-state index in [0.29, 0.717) is 21.3 Å². The van der Waals surface area contributed by atoms with E-state index in [-0.39, 0.29) is 17.4 Å². The van der Waals surface area contributed by atoms with Gasteiger partial charge in [0.1, 0.15) is 5.75 Å². The fourth-order valence-electron chi connectivity index (χ4n) is 2.89. The van der Waals surface area contributed by atoms with Gasteiger partial charge in [-0.25, -0.2) is 4.99 Å². The molecule has 11 heteroatoms. The molecule has 3 aromatic carbocycles. The molecule has 0 saturated carbocycles. The molecule has 1 N–H and O–H groups in total. The summed E-state index contributed by atoms with van der Waals surface area (Å²) < 4.78 is 5.61. The van der Waals surface area contributed by atoms with Crippen molar-refractivity contribution in [2.45, 2.75) is 0 Å². The van der Waals surface area contributed by atoms with E-state index in [1.165, 1.54) is 17.8 Å². The van der Waals surface area contributed by atoms with Crippen LogP contribution >= 0.6 is 11.8 Å². The Kier molecular flexibility index (Phi) is 6.13. The number of amides is 1. The van der Waals surface area contributed by atoms with Crippen molar-refractivity contribution in [1.82, 2.24) is 5.32 Å². The molecule has 1 amide bonds. The average Bonchev–Trinajstić information content (AvgIpc) is 3.13. The number of aliphatic imine (C=N–C) groups is 1. The van der Waals surface area contributed by atoms with Crippen LogP contribution in [-0.4, -0.2) is 20.9 Å². The summed E-state index contributed by atoms with van der Waals surface area (Å²) in [6, 6.07) is 18.9. The number of nitro groups is 2. The number of benzene rings is 3. The number of nitrogens with one attached hydrogen (secondary N) is 1. The van der Waals surface area contributed by atoms with Crippen LogP contribution in [0.15, 0.2) is 82.7 Å². The van der Waals surface area contributed by atoms with Crippen LogP contribution in [0.25, 0.3) is 6.08 Å². The molecule has 0 bridgehead atoms. The lowest BCUT2D eigenvalue weighted by Gasteiger charge is -2.07. The summed E-state index contributed by atoms with van der Waals surface area (Å²) in [6.45, 7) is 0. The first kappa shape index (κ1) is 21.7. The number of carbonyl (C=O) groups excluding carboxylic acids is 1. The summed E-state index contributed by atoms with van der Waals surface area (Å²) in [5.41, 5.74) is 0.391. The van der Waals surface area contributed by atoms with E-state index in [1.54, 1.807) is 30.3 Å². The highest BCUT2D eigenvalue weighted by molar-refractivity contribution is 8.18. The second-order valence-electron chi connectivity index (χ2n) is 6.66. The molecule has 33 heavy (non-hydrogen) atoms. The highest BCUT2D eigenvalue weighted by atomic mass is 32.2. The van der Waals surface area contributed by atoms with Gasteiger partial charge in [-0.15, -0.1) is 0 Å². The monoisotopic (exact) mass is 462 g/mol. The lowest BCUT2D eigenvalue weighted by molar-refractivity contribution is -0.394. The Bertz CT molecular complexity index is 1320. The average molecular weight is 462 g/mol. The van der Waals surface area contributed by atoms with Gasteiger partial charge in [0.2, 0.25) is 5.75 Å². The van der Waals surface area contributed by atoms with Gasteiger partial charge in [-0.2, -0.15) is 0 Å². The Morgan fingerprint density at radius 3 is 2.45 bits per heavy atom. The molecule has 0 aliphatic carbocycles. The maximum atomic E-state index is 12.3. The summed E-state index contributed by atoms with van der Waals surface area (Å²) in [7, 11) is 0. The van der Waals surface area contributed by atoms with Gasteiger partial charge in [0.05, 0.1) is 26.5 Å². The molecule has 0 radical (unpaired) electrons. The number of rotatable bonds is 6. The molecule has 0 spiro atoms. The third-order valence-electron chi connectivity index (χ3n) is 4.37. The van der Waals surface area contributed by atoms with E-state index in [4.69, 9.17) is 4.74 Å². The van der Waals surface area contributed by atoms with Gasteiger partial charge in [-0.3, -0.25) is 25.0 Å². The number of non-ortho nitro benzene ring substituents is 1.